The minimum atomic E-state index is -1.92. The van der Waals surface area contributed by atoms with Crippen LogP contribution in [0.1, 0.15) is 110 Å². The van der Waals surface area contributed by atoms with Gasteiger partial charge in [-0.15, -0.1) is 0 Å². The molecule has 0 aliphatic rings. The molecule has 0 bridgehead atoms. The number of rotatable bonds is 23. The number of esters is 1. The lowest BCUT2D eigenvalue weighted by Crippen LogP contribution is -2.22. The van der Waals surface area contributed by atoms with E-state index >= 15 is 0 Å². The Bertz CT molecular complexity index is 374. The van der Waals surface area contributed by atoms with Crippen LogP contribution >= 0.6 is 8.60 Å². The Morgan fingerprint density at radius 1 is 0.867 bits per heavy atom. The van der Waals surface area contributed by atoms with Crippen LogP contribution in [0.25, 0.3) is 0 Å². The minimum Gasteiger partial charge on any atom is -0.460 e. The van der Waals surface area contributed by atoms with E-state index in [0.717, 1.165) is 19.3 Å². The maximum Gasteiger partial charge on any atom is 0.330 e. The average Bonchev–Trinajstić information content (AvgIpc) is 2.72. The molecule has 0 spiro atoms. The molecule has 0 radical (unpaired) electrons. The summed E-state index contributed by atoms with van der Waals surface area (Å²) in [4.78, 5) is 21.0. The predicted octanol–water partition coefficient (Wildman–Crippen LogP) is 6.26. The van der Waals surface area contributed by atoms with E-state index in [1.54, 1.807) is 0 Å². The summed E-state index contributed by atoms with van der Waals surface area (Å²) >= 11 is 0. The molecule has 6 nitrogen and oxygen atoms in total. The zero-order valence-electron chi connectivity index (χ0n) is 19.8. The van der Waals surface area contributed by atoms with Crippen molar-refractivity contribution in [3.05, 3.63) is 0 Å². The molecule has 0 heterocycles. The topological polar surface area (TPSA) is 77.0 Å². The lowest BCUT2D eigenvalue weighted by atomic mass is 10.0. The Kier molecular flexibility index (Phi) is 23.2. The number of ether oxygens (including phenoxy) is 1. The van der Waals surface area contributed by atoms with Gasteiger partial charge in [0.15, 0.2) is 0 Å². The second kappa shape index (κ2) is 23.4. The quantitative estimate of drug-likeness (QED) is 0.109. The Morgan fingerprint density at radius 2 is 1.37 bits per heavy atom. The number of nitrogens with one attached hydrogen (secondary N) is 1. The molecule has 2 N–H and O–H groups in total. The third kappa shape index (κ3) is 22.4. The first-order chi connectivity index (χ1) is 14.6. The van der Waals surface area contributed by atoms with Crippen molar-refractivity contribution >= 4 is 14.6 Å². The van der Waals surface area contributed by atoms with Crippen molar-refractivity contribution in [3.8, 4) is 0 Å². The van der Waals surface area contributed by atoms with Gasteiger partial charge in [-0.25, -0.2) is 0 Å². The standard InChI is InChI=1S/C23H48NO5P/c1-4-5-6-7-8-9-10-11-12-13-14-15-16-17-18-23(29-22(2)25)21-28-30(26)27-20-19-24-3/h23-24,26H,4-21H2,1-3H3. The van der Waals surface area contributed by atoms with E-state index in [4.69, 9.17) is 13.8 Å². The molecule has 30 heavy (non-hydrogen) atoms. The summed E-state index contributed by atoms with van der Waals surface area (Å²) in [6.07, 6.45) is 18.9. The summed E-state index contributed by atoms with van der Waals surface area (Å²) in [5.74, 6) is -0.313. The molecular weight excluding hydrogens is 401 g/mol. The monoisotopic (exact) mass is 449 g/mol. The summed E-state index contributed by atoms with van der Waals surface area (Å²) < 4.78 is 15.8. The molecule has 0 aromatic rings. The lowest BCUT2D eigenvalue weighted by molar-refractivity contribution is -0.148. The third-order valence-electron chi connectivity index (χ3n) is 5.14. The Balaban J connectivity index is 3.59. The predicted molar refractivity (Wildman–Crippen MR) is 125 cm³/mol. The van der Waals surface area contributed by atoms with Crippen LogP contribution in [0.5, 0.6) is 0 Å². The fourth-order valence-electron chi connectivity index (χ4n) is 3.39. The van der Waals surface area contributed by atoms with Crippen LogP contribution in [-0.2, 0) is 18.6 Å². The van der Waals surface area contributed by atoms with Gasteiger partial charge in [0.05, 0.1) is 13.2 Å². The van der Waals surface area contributed by atoms with Crippen molar-refractivity contribution in [2.24, 2.45) is 0 Å². The van der Waals surface area contributed by atoms with Gasteiger partial charge < -0.3 is 24.0 Å². The highest BCUT2D eigenvalue weighted by atomic mass is 31.2. The average molecular weight is 450 g/mol. The molecule has 0 aromatic carbocycles. The fraction of sp³-hybridized carbons (Fsp3) is 0.957. The van der Waals surface area contributed by atoms with Crippen molar-refractivity contribution in [2.45, 2.75) is 116 Å². The Morgan fingerprint density at radius 3 is 1.83 bits per heavy atom. The number of carbonyl (C=O) groups excluding carboxylic acids is 1. The second-order valence-corrected chi connectivity index (χ2v) is 9.08. The van der Waals surface area contributed by atoms with Crippen LogP contribution in [0.3, 0.4) is 0 Å². The number of unbranched alkanes of at least 4 members (excludes halogenated alkanes) is 13. The smallest absolute Gasteiger partial charge is 0.330 e. The molecule has 2 atom stereocenters. The zero-order chi connectivity index (χ0) is 22.3. The molecular formula is C23H48NO5P. The van der Waals surface area contributed by atoms with E-state index in [-0.39, 0.29) is 18.7 Å². The Labute approximate surface area is 186 Å². The summed E-state index contributed by atoms with van der Waals surface area (Å²) in [5.41, 5.74) is 0. The molecule has 180 valence electrons. The van der Waals surface area contributed by atoms with Crippen LogP contribution in [0.15, 0.2) is 0 Å². The normalized spacial score (nSPS) is 13.3. The second-order valence-electron chi connectivity index (χ2n) is 8.09. The van der Waals surface area contributed by atoms with Crippen molar-refractivity contribution in [1.82, 2.24) is 5.32 Å². The van der Waals surface area contributed by atoms with Gasteiger partial charge in [-0.05, 0) is 19.9 Å². The molecule has 0 aliphatic carbocycles. The molecule has 0 fully saturated rings. The van der Waals surface area contributed by atoms with Crippen LogP contribution < -0.4 is 5.32 Å². The van der Waals surface area contributed by atoms with Crippen LogP contribution in [0.4, 0.5) is 0 Å². The van der Waals surface area contributed by atoms with Crippen LogP contribution in [-0.4, -0.2) is 43.8 Å². The summed E-state index contributed by atoms with van der Waals surface area (Å²) in [7, 11) is -0.102. The highest BCUT2D eigenvalue weighted by molar-refractivity contribution is 7.40. The van der Waals surface area contributed by atoms with E-state index in [2.05, 4.69) is 12.2 Å². The van der Waals surface area contributed by atoms with Gasteiger partial charge in [0.25, 0.3) is 0 Å². The maximum absolute atomic E-state index is 11.3. The van der Waals surface area contributed by atoms with Gasteiger partial charge in [0, 0.05) is 13.5 Å². The van der Waals surface area contributed by atoms with Gasteiger partial charge in [-0.1, -0.05) is 90.4 Å². The maximum atomic E-state index is 11.3. The van der Waals surface area contributed by atoms with E-state index < -0.39 is 8.60 Å². The summed E-state index contributed by atoms with van der Waals surface area (Å²) in [6, 6.07) is 0. The van der Waals surface area contributed by atoms with Gasteiger partial charge >= 0.3 is 14.6 Å². The van der Waals surface area contributed by atoms with Gasteiger partial charge in [0.1, 0.15) is 6.10 Å². The largest absolute Gasteiger partial charge is 0.460 e. The minimum absolute atomic E-state index is 0.180. The highest BCUT2D eigenvalue weighted by Gasteiger charge is 2.16. The van der Waals surface area contributed by atoms with E-state index in [1.807, 2.05) is 7.05 Å². The van der Waals surface area contributed by atoms with E-state index in [9.17, 15) is 9.69 Å². The van der Waals surface area contributed by atoms with Crippen LogP contribution in [0.2, 0.25) is 0 Å². The first-order valence-electron chi connectivity index (χ1n) is 12.2. The molecule has 0 rings (SSSR count). The molecule has 2 unspecified atom stereocenters. The SMILES string of the molecule is CCCCCCCCCCCCCCCCC(COP(O)OCCNC)OC(C)=O. The van der Waals surface area contributed by atoms with Gasteiger partial charge in [-0.3, -0.25) is 4.79 Å². The molecule has 0 aromatic heterocycles. The fourth-order valence-corrected chi connectivity index (χ4v) is 4.00. The van der Waals surface area contributed by atoms with Crippen molar-refractivity contribution in [1.29, 1.82) is 0 Å². The van der Waals surface area contributed by atoms with Crippen molar-refractivity contribution in [3.63, 3.8) is 0 Å². The van der Waals surface area contributed by atoms with Gasteiger partial charge in [0.2, 0.25) is 0 Å². The summed E-state index contributed by atoms with van der Waals surface area (Å²) in [6.45, 7) is 4.89. The zero-order valence-corrected chi connectivity index (χ0v) is 20.7. The van der Waals surface area contributed by atoms with E-state index in [1.165, 1.54) is 84.0 Å². The first kappa shape index (κ1) is 29.7. The highest BCUT2D eigenvalue weighted by Crippen LogP contribution is 2.33. The third-order valence-corrected chi connectivity index (χ3v) is 5.91. The first-order valence-corrected chi connectivity index (χ1v) is 13.3. The molecule has 0 aliphatic heterocycles. The molecule has 0 amide bonds. The van der Waals surface area contributed by atoms with Crippen molar-refractivity contribution in [2.75, 3.05) is 26.8 Å². The molecule has 0 saturated heterocycles. The number of hydrogen-bond acceptors (Lipinski definition) is 6. The van der Waals surface area contributed by atoms with Crippen molar-refractivity contribution < 1.29 is 23.5 Å². The number of carbonyl (C=O) groups is 1. The Hall–Kier alpha value is -0.260. The van der Waals surface area contributed by atoms with Crippen LogP contribution in [0, 0.1) is 0 Å². The number of hydrogen-bond donors (Lipinski definition) is 2. The van der Waals surface area contributed by atoms with Gasteiger partial charge in [-0.2, -0.15) is 0 Å². The van der Waals surface area contributed by atoms with E-state index in [0.29, 0.717) is 13.2 Å². The lowest BCUT2D eigenvalue weighted by Gasteiger charge is -2.18. The molecule has 7 heteroatoms. The molecule has 0 saturated carbocycles. The number of likely N-dealkylation sites (N-methyl/N-ethyl adjacent to an activating group) is 1. The summed E-state index contributed by atoms with van der Waals surface area (Å²) in [5, 5.41) is 2.93.